The SMILES string of the molecule is C/C(=N\NC(=O)CCn1c2c(c3ccccc31)CCCC2)c1ccc(C)cc1. The van der Waals surface area contributed by atoms with Crippen molar-refractivity contribution in [1.29, 1.82) is 0 Å². The first-order chi connectivity index (χ1) is 13.6. The molecular formula is C24H27N3O. The fourth-order valence-electron chi connectivity index (χ4n) is 4.12. The van der Waals surface area contributed by atoms with Crippen molar-refractivity contribution < 1.29 is 4.79 Å². The lowest BCUT2D eigenvalue weighted by Crippen LogP contribution is -2.21. The molecule has 0 spiro atoms. The van der Waals surface area contributed by atoms with Crippen LogP contribution in [0.25, 0.3) is 10.9 Å². The molecule has 144 valence electrons. The van der Waals surface area contributed by atoms with Crippen molar-refractivity contribution >= 4 is 22.5 Å². The van der Waals surface area contributed by atoms with Crippen molar-refractivity contribution in [2.24, 2.45) is 5.10 Å². The second kappa shape index (κ2) is 8.01. The lowest BCUT2D eigenvalue weighted by molar-refractivity contribution is -0.121. The molecule has 0 saturated carbocycles. The lowest BCUT2D eigenvalue weighted by atomic mass is 9.95. The number of para-hydroxylation sites is 1. The Labute approximate surface area is 166 Å². The van der Waals surface area contributed by atoms with E-state index in [1.807, 2.05) is 19.1 Å². The minimum atomic E-state index is -0.0474. The van der Waals surface area contributed by atoms with Gasteiger partial charge in [-0.1, -0.05) is 48.0 Å². The summed E-state index contributed by atoms with van der Waals surface area (Å²) in [5, 5.41) is 5.63. The number of rotatable bonds is 5. The number of hydrogen-bond acceptors (Lipinski definition) is 2. The van der Waals surface area contributed by atoms with E-state index in [1.165, 1.54) is 40.6 Å². The Morgan fingerprint density at radius 1 is 1.07 bits per heavy atom. The zero-order valence-electron chi connectivity index (χ0n) is 16.7. The summed E-state index contributed by atoms with van der Waals surface area (Å²) < 4.78 is 2.35. The molecule has 28 heavy (non-hydrogen) atoms. The van der Waals surface area contributed by atoms with E-state index in [1.54, 1.807) is 0 Å². The number of carbonyl (C=O) groups excluding carboxylic acids is 1. The van der Waals surface area contributed by atoms with Gasteiger partial charge in [0.15, 0.2) is 0 Å². The molecule has 0 fully saturated rings. The maximum Gasteiger partial charge on any atom is 0.241 e. The summed E-state index contributed by atoms with van der Waals surface area (Å²) in [5.41, 5.74) is 9.92. The Morgan fingerprint density at radius 2 is 1.82 bits per heavy atom. The van der Waals surface area contributed by atoms with Gasteiger partial charge in [0.25, 0.3) is 0 Å². The van der Waals surface area contributed by atoms with Crippen LogP contribution >= 0.6 is 0 Å². The summed E-state index contributed by atoms with van der Waals surface area (Å²) in [6.07, 6.45) is 5.17. The number of carbonyl (C=O) groups is 1. The fourth-order valence-corrected chi connectivity index (χ4v) is 4.12. The molecule has 0 saturated heterocycles. The van der Waals surface area contributed by atoms with Crippen molar-refractivity contribution in [3.63, 3.8) is 0 Å². The van der Waals surface area contributed by atoms with E-state index in [0.717, 1.165) is 24.1 Å². The fraction of sp³-hybridized carbons (Fsp3) is 0.333. The van der Waals surface area contributed by atoms with Crippen LogP contribution in [0.2, 0.25) is 0 Å². The Balaban J connectivity index is 1.45. The molecule has 0 unspecified atom stereocenters. The molecule has 4 heteroatoms. The second-order valence-corrected chi connectivity index (χ2v) is 7.65. The third-order valence-electron chi connectivity index (χ3n) is 5.66. The monoisotopic (exact) mass is 373 g/mol. The van der Waals surface area contributed by atoms with E-state index in [2.05, 4.69) is 58.4 Å². The molecule has 0 radical (unpaired) electrons. The summed E-state index contributed by atoms with van der Waals surface area (Å²) in [5.74, 6) is -0.0474. The molecule has 4 rings (SSSR count). The summed E-state index contributed by atoms with van der Waals surface area (Å²) in [6.45, 7) is 4.67. The van der Waals surface area contributed by atoms with Crippen LogP contribution in [-0.4, -0.2) is 16.2 Å². The van der Waals surface area contributed by atoms with Crippen molar-refractivity contribution in [1.82, 2.24) is 9.99 Å². The number of nitrogens with zero attached hydrogens (tertiary/aromatic N) is 2. The van der Waals surface area contributed by atoms with Crippen LogP contribution in [-0.2, 0) is 24.2 Å². The first-order valence-electron chi connectivity index (χ1n) is 10.1. The Kier molecular flexibility index (Phi) is 5.29. The molecule has 1 aliphatic carbocycles. The quantitative estimate of drug-likeness (QED) is 0.509. The Hall–Kier alpha value is -2.88. The van der Waals surface area contributed by atoms with Crippen molar-refractivity contribution in [3.05, 3.63) is 70.9 Å². The normalized spacial score (nSPS) is 14.1. The summed E-state index contributed by atoms with van der Waals surface area (Å²) in [7, 11) is 0. The topological polar surface area (TPSA) is 46.4 Å². The third-order valence-corrected chi connectivity index (χ3v) is 5.66. The number of aromatic nitrogens is 1. The van der Waals surface area contributed by atoms with Gasteiger partial charge < -0.3 is 4.57 Å². The molecule has 0 aliphatic heterocycles. The number of benzene rings is 2. The van der Waals surface area contributed by atoms with E-state index in [9.17, 15) is 4.79 Å². The van der Waals surface area contributed by atoms with Crippen molar-refractivity contribution in [2.45, 2.75) is 52.5 Å². The molecule has 1 N–H and O–H groups in total. The molecule has 1 aliphatic rings. The first kappa shape index (κ1) is 18.5. The average molecular weight is 374 g/mol. The highest BCUT2D eigenvalue weighted by Gasteiger charge is 2.19. The van der Waals surface area contributed by atoms with Gasteiger partial charge in [-0.3, -0.25) is 4.79 Å². The van der Waals surface area contributed by atoms with Crippen LogP contribution in [0.1, 0.15) is 48.6 Å². The minimum Gasteiger partial charge on any atom is -0.344 e. The molecule has 2 aromatic carbocycles. The highest BCUT2D eigenvalue weighted by molar-refractivity contribution is 5.99. The molecule has 1 heterocycles. The zero-order chi connectivity index (χ0) is 19.5. The van der Waals surface area contributed by atoms with Crippen LogP contribution in [0, 0.1) is 6.92 Å². The molecule has 1 amide bonds. The van der Waals surface area contributed by atoms with Gasteiger partial charge in [0.2, 0.25) is 5.91 Å². The minimum absolute atomic E-state index is 0.0474. The van der Waals surface area contributed by atoms with Crippen molar-refractivity contribution in [2.75, 3.05) is 0 Å². The molecule has 0 bridgehead atoms. The lowest BCUT2D eigenvalue weighted by Gasteiger charge is -2.15. The van der Waals surface area contributed by atoms with E-state index in [0.29, 0.717) is 13.0 Å². The van der Waals surface area contributed by atoms with E-state index in [4.69, 9.17) is 0 Å². The van der Waals surface area contributed by atoms with Gasteiger partial charge in [-0.2, -0.15) is 5.10 Å². The highest BCUT2D eigenvalue weighted by atomic mass is 16.2. The smallest absolute Gasteiger partial charge is 0.241 e. The van der Waals surface area contributed by atoms with Crippen LogP contribution in [0.4, 0.5) is 0 Å². The van der Waals surface area contributed by atoms with Crippen LogP contribution in [0.5, 0.6) is 0 Å². The molecular weight excluding hydrogens is 346 g/mol. The summed E-state index contributed by atoms with van der Waals surface area (Å²) in [6, 6.07) is 16.7. The molecule has 0 atom stereocenters. The maximum absolute atomic E-state index is 12.4. The molecule has 3 aromatic rings. The second-order valence-electron chi connectivity index (χ2n) is 7.65. The van der Waals surface area contributed by atoms with Gasteiger partial charge >= 0.3 is 0 Å². The van der Waals surface area contributed by atoms with Gasteiger partial charge in [-0.15, -0.1) is 0 Å². The van der Waals surface area contributed by atoms with Crippen LogP contribution in [0.15, 0.2) is 53.6 Å². The standard InChI is InChI=1S/C24H27N3O/c1-17-11-13-19(14-12-17)18(2)25-26-24(28)15-16-27-22-9-5-3-7-20(22)21-8-4-6-10-23(21)27/h3,5,7,9,11-14H,4,6,8,10,15-16H2,1-2H3,(H,26,28)/b25-18+. The van der Waals surface area contributed by atoms with E-state index >= 15 is 0 Å². The Bertz CT molecular complexity index is 1030. The zero-order valence-corrected chi connectivity index (χ0v) is 16.7. The number of hydrogen-bond donors (Lipinski definition) is 1. The summed E-state index contributed by atoms with van der Waals surface area (Å²) >= 11 is 0. The van der Waals surface area contributed by atoms with Crippen LogP contribution in [0.3, 0.4) is 0 Å². The van der Waals surface area contributed by atoms with Gasteiger partial charge in [0, 0.05) is 29.6 Å². The third kappa shape index (κ3) is 3.72. The van der Waals surface area contributed by atoms with Crippen molar-refractivity contribution in [3.8, 4) is 0 Å². The number of fused-ring (bicyclic) bond motifs is 3. The van der Waals surface area contributed by atoms with E-state index < -0.39 is 0 Å². The average Bonchev–Trinajstić information content (AvgIpc) is 3.05. The predicted octanol–water partition coefficient (Wildman–Crippen LogP) is 4.76. The highest BCUT2D eigenvalue weighted by Crippen LogP contribution is 2.32. The first-order valence-corrected chi connectivity index (χ1v) is 10.1. The van der Waals surface area contributed by atoms with Gasteiger partial charge in [-0.05, 0) is 56.7 Å². The van der Waals surface area contributed by atoms with E-state index in [-0.39, 0.29) is 5.91 Å². The number of hydrazone groups is 1. The van der Waals surface area contributed by atoms with Gasteiger partial charge in [0.1, 0.15) is 0 Å². The molecule has 1 aromatic heterocycles. The van der Waals surface area contributed by atoms with Gasteiger partial charge in [-0.25, -0.2) is 5.43 Å². The largest absolute Gasteiger partial charge is 0.344 e. The summed E-state index contributed by atoms with van der Waals surface area (Å²) in [4.78, 5) is 12.4. The maximum atomic E-state index is 12.4. The molecule has 4 nitrogen and oxygen atoms in total. The Morgan fingerprint density at radius 3 is 2.64 bits per heavy atom. The van der Waals surface area contributed by atoms with Gasteiger partial charge in [0.05, 0.1) is 5.71 Å². The predicted molar refractivity (Wildman–Crippen MR) is 115 cm³/mol. The number of nitrogens with one attached hydrogen (secondary N) is 1. The number of amides is 1. The number of aryl methyl sites for hydroxylation is 3. The van der Waals surface area contributed by atoms with Crippen LogP contribution < -0.4 is 5.43 Å².